The Morgan fingerprint density at radius 1 is 1.00 bits per heavy atom. The fourth-order valence-electron chi connectivity index (χ4n) is 5.54. The smallest absolute Gasteiger partial charge is 0.287 e. The molecule has 40 heavy (non-hydrogen) atoms. The molecule has 2 aromatic carbocycles. The van der Waals surface area contributed by atoms with Crippen LogP contribution in [0.25, 0.3) is 11.0 Å². The number of methoxy groups -OCH3 is 1. The number of amides is 3. The highest BCUT2D eigenvalue weighted by Crippen LogP contribution is 2.34. The van der Waals surface area contributed by atoms with Gasteiger partial charge in [0, 0.05) is 31.1 Å². The van der Waals surface area contributed by atoms with Crippen molar-refractivity contribution < 1.29 is 28.3 Å². The van der Waals surface area contributed by atoms with Crippen LogP contribution < -0.4 is 20.9 Å². The summed E-state index contributed by atoms with van der Waals surface area (Å²) in [6, 6.07) is 14.3. The van der Waals surface area contributed by atoms with Crippen molar-refractivity contribution in [1.29, 1.82) is 0 Å². The summed E-state index contributed by atoms with van der Waals surface area (Å²) in [5, 5.41) is 9.61. The van der Waals surface area contributed by atoms with Crippen LogP contribution in [0.5, 0.6) is 0 Å². The molecule has 1 aromatic heterocycles. The Kier molecular flexibility index (Phi) is 8.16. The van der Waals surface area contributed by atoms with Crippen molar-refractivity contribution in [3.05, 3.63) is 54.3 Å². The Balaban J connectivity index is 1.38. The highest BCUT2D eigenvalue weighted by molar-refractivity contribution is 6.05. The van der Waals surface area contributed by atoms with E-state index in [0.29, 0.717) is 48.5 Å². The monoisotopic (exact) mass is 546 g/mol. The average Bonchev–Trinajstić information content (AvgIpc) is 3.39. The minimum atomic E-state index is -1.11. The Labute approximate surface area is 232 Å². The van der Waals surface area contributed by atoms with Gasteiger partial charge in [0.1, 0.15) is 17.7 Å². The van der Waals surface area contributed by atoms with Gasteiger partial charge in [0.2, 0.25) is 11.8 Å². The highest BCUT2D eigenvalue weighted by Gasteiger charge is 2.41. The van der Waals surface area contributed by atoms with Gasteiger partial charge in [-0.1, -0.05) is 37.5 Å². The van der Waals surface area contributed by atoms with Gasteiger partial charge in [-0.05, 0) is 49.6 Å². The minimum Gasteiger partial charge on any atom is -0.451 e. The molecule has 2 heterocycles. The molecular weight excluding hydrogens is 512 g/mol. The lowest BCUT2D eigenvalue weighted by atomic mass is 9.80. The molecule has 10 heteroatoms. The number of furan rings is 1. The standard InChI is InChI=1S/C30H34N4O6/c1-39-19-27(36)32-23-17-21(11-12-24(23)34-15-7-9-22(35)18-34)31-29(38)30(13-5-2-6-14-30)33-28(37)26-16-20-8-3-4-10-25(20)40-26/h3-4,8,10-12,16-17H,2,5-7,9,13-15,18-19H2,1H3,(H,31,38)(H,32,36)(H,33,37). The third-order valence-electron chi connectivity index (χ3n) is 7.54. The number of carbonyl (C=O) groups is 4. The molecule has 1 aliphatic heterocycles. The summed E-state index contributed by atoms with van der Waals surface area (Å²) in [6.07, 6.45) is 4.84. The van der Waals surface area contributed by atoms with E-state index in [0.717, 1.165) is 31.1 Å². The van der Waals surface area contributed by atoms with Crippen LogP contribution in [0, 0.1) is 0 Å². The molecule has 3 N–H and O–H groups in total. The number of para-hydroxylation sites is 1. The molecular formula is C30H34N4O6. The quantitative estimate of drug-likeness (QED) is 0.385. The highest BCUT2D eigenvalue weighted by atomic mass is 16.5. The number of hydrogen-bond acceptors (Lipinski definition) is 7. The van der Waals surface area contributed by atoms with Crippen LogP contribution in [0.15, 0.2) is 52.9 Å². The average molecular weight is 547 g/mol. The van der Waals surface area contributed by atoms with Crippen molar-refractivity contribution in [2.75, 3.05) is 42.3 Å². The summed E-state index contributed by atoms with van der Waals surface area (Å²) in [5.74, 6) is -0.824. The Bertz CT molecular complexity index is 1390. The van der Waals surface area contributed by atoms with Gasteiger partial charge < -0.3 is 30.0 Å². The molecule has 210 valence electrons. The van der Waals surface area contributed by atoms with Gasteiger partial charge in [0.15, 0.2) is 11.5 Å². The summed E-state index contributed by atoms with van der Waals surface area (Å²) in [6.45, 7) is 0.809. The van der Waals surface area contributed by atoms with E-state index in [9.17, 15) is 19.2 Å². The summed E-state index contributed by atoms with van der Waals surface area (Å²) in [4.78, 5) is 53.5. The van der Waals surface area contributed by atoms with E-state index in [1.807, 2.05) is 23.1 Å². The van der Waals surface area contributed by atoms with Gasteiger partial charge in [0.25, 0.3) is 5.91 Å². The van der Waals surface area contributed by atoms with Gasteiger partial charge in [-0.15, -0.1) is 0 Å². The van der Waals surface area contributed by atoms with Crippen molar-refractivity contribution in [2.24, 2.45) is 0 Å². The van der Waals surface area contributed by atoms with Crippen LogP contribution in [-0.2, 0) is 19.1 Å². The molecule has 1 aliphatic carbocycles. The van der Waals surface area contributed by atoms with E-state index in [1.54, 1.807) is 30.3 Å². The Morgan fingerprint density at radius 2 is 1.80 bits per heavy atom. The number of ether oxygens (including phenoxy) is 1. The fraction of sp³-hybridized carbons (Fsp3) is 0.400. The predicted molar refractivity (Wildman–Crippen MR) is 152 cm³/mol. The normalized spacial score (nSPS) is 16.9. The van der Waals surface area contributed by atoms with Crippen molar-refractivity contribution in [3.63, 3.8) is 0 Å². The van der Waals surface area contributed by atoms with E-state index in [4.69, 9.17) is 9.15 Å². The van der Waals surface area contributed by atoms with Gasteiger partial charge in [0.05, 0.1) is 17.9 Å². The first-order chi connectivity index (χ1) is 19.4. The molecule has 1 saturated heterocycles. The number of nitrogens with zero attached hydrogens (tertiary/aromatic N) is 1. The van der Waals surface area contributed by atoms with Crippen LogP contribution in [0.1, 0.15) is 55.5 Å². The number of carbonyl (C=O) groups excluding carboxylic acids is 4. The third-order valence-corrected chi connectivity index (χ3v) is 7.54. The zero-order chi connectivity index (χ0) is 28.1. The molecule has 0 radical (unpaired) electrons. The SMILES string of the molecule is COCC(=O)Nc1cc(NC(=O)C2(NC(=O)c3cc4ccccc4o3)CCCCC2)ccc1N1CCCC(=O)C1. The number of nitrogens with one attached hydrogen (secondary N) is 3. The van der Waals surface area contributed by atoms with Crippen LogP contribution in [-0.4, -0.2) is 55.8 Å². The van der Waals surface area contributed by atoms with Gasteiger partial charge >= 0.3 is 0 Å². The van der Waals surface area contributed by atoms with Crippen LogP contribution >= 0.6 is 0 Å². The molecule has 0 atom stereocenters. The number of anilines is 3. The molecule has 2 fully saturated rings. The topological polar surface area (TPSA) is 130 Å². The van der Waals surface area contributed by atoms with Gasteiger partial charge in [-0.3, -0.25) is 19.2 Å². The van der Waals surface area contributed by atoms with Gasteiger partial charge in [-0.2, -0.15) is 0 Å². The predicted octanol–water partition coefficient (Wildman–Crippen LogP) is 4.26. The first kappa shape index (κ1) is 27.4. The second-order valence-electron chi connectivity index (χ2n) is 10.5. The second kappa shape index (κ2) is 11.9. The fourth-order valence-corrected chi connectivity index (χ4v) is 5.54. The lowest BCUT2D eigenvalue weighted by Crippen LogP contribution is -2.57. The van der Waals surface area contributed by atoms with Crippen molar-refractivity contribution in [1.82, 2.24) is 5.32 Å². The first-order valence-electron chi connectivity index (χ1n) is 13.7. The maximum atomic E-state index is 13.8. The number of ketones is 1. The van der Waals surface area contributed by atoms with Crippen molar-refractivity contribution in [3.8, 4) is 0 Å². The summed E-state index contributed by atoms with van der Waals surface area (Å²) in [5.41, 5.74) is 1.13. The molecule has 10 nitrogen and oxygen atoms in total. The number of benzene rings is 2. The first-order valence-corrected chi connectivity index (χ1v) is 13.7. The van der Waals surface area contributed by atoms with E-state index >= 15 is 0 Å². The van der Waals surface area contributed by atoms with Crippen LogP contribution in [0.3, 0.4) is 0 Å². The third kappa shape index (κ3) is 6.02. The summed E-state index contributed by atoms with van der Waals surface area (Å²) >= 11 is 0. The summed E-state index contributed by atoms with van der Waals surface area (Å²) in [7, 11) is 1.43. The minimum absolute atomic E-state index is 0.133. The van der Waals surface area contributed by atoms with E-state index in [1.165, 1.54) is 7.11 Å². The molecule has 0 bridgehead atoms. The number of hydrogen-bond donors (Lipinski definition) is 3. The Hall–Kier alpha value is -4.18. The molecule has 2 aliphatic rings. The number of Topliss-reactive ketones (excluding diaryl/α,β-unsaturated/α-hetero) is 1. The zero-order valence-corrected chi connectivity index (χ0v) is 22.6. The second-order valence-corrected chi connectivity index (χ2v) is 10.5. The van der Waals surface area contributed by atoms with Crippen LogP contribution in [0.2, 0.25) is 0 Å². The lowest BCUT2D eigenvalue weighted by molar-refractivity contribution is -0.123. The van der Waals surface area contributed by atoms with E-state index < -0.39 is 11.4 Å². The van der Waals surface area contributed by atoms with Gasteiger partial charge in [-0.25, -0.2) is 0 Å². The van der Waals surface area contributed by atoms with Crippen molar-refractivity contribution >= 4 is 51.5 Å². The molecule has 0 spiro atoms. The number of piperidine rings is 1. The molecule has 0 unspecified atom stereocenters. The largest absolute Gasteiger partial charge is 0.451 e. The van der Waals surface area contributed by atoms with E-state index in [-0.39, 0.29) is 36.5 Å². The molecule has 3 aromatic rings. The zero-order valence-electron chi connectivity index (χ0n) is 22.6. The Morgan fingerprint density at radius 3 is 2.55 bits per heavy atom. The molecule has 1 saturated carbocycles. The summed E-state index contributed by atoms with van der Waals surface area (Å²) < 4.78 is 10.7. The van der Waals surface area contributed by atoms with E-state index in [2.05, 4.69) is 16.0 Å². The number of rotatable bonds is 8. The lowest BCUT2D eigenvalue weighted by Gasteiger charge is -2.36. The van der Waals surface area contributed by atoms with Crippen molar-refractivity contribution in [2.45, 2.75) is 50.5 Å². The molecule has 3 amide bonds. The maximum Gasteiger partial charge on any atom is 0.287 e. The molecule has 5 rings (SSSR count). The maximum absolute atomic E-state index is 13.8. The van der Waals surface area contributed by atoms with Crippen LogP contribution in [0.4, 0.5) is 17.1 Å². The number of fused-ring (bicyclic) bond motifs is 1.